The quantitative estimate of drug-likeness (QED) is 0.854. The highest BCUT2D eigenvalue weighted by atomic mass is 79.9. The van der Waals surface area contributed by atoms with Crippen LogP contribution in [0.3, 0.4) is 0 Å². The first-order valence-corrected chi connectivity index (χ1v) is 7.28. The van der Waals surface area contributed by atoms with Gasteiger partial charge in [0.2, 0.25) is 5.88 Å². The first-order valence-electron chi connectivity index (χ1n) is 6.48. The minimum Gasteiger partial charge on any atom is -0.476 e. The number of benzene rings is 1. The molecule has 7 heteroatoms. The molecule has 2 rings (SSSR count). The third-order valence-electron chi connectivity index (χ3n) is 2.81. The van der Waals surface area contributed by atoms with Crippen molar-refractivity contribution in [3.8, 4) is 5.88 Å². The average molecular weight is 355 g/mol. The van der Waals surface area contributed by atoms with Crippen LogP contribution < -0.4 is 15.8 Å². The highest BCUT2D eigenvalue weighted by Crippen LogP contribution is 2.31. The summed E-state index contributed by atoms with van der Waals surface area (Å²) in [6.07, 6.45) is 2.23. The standard InChI is InChI=1S/C14H16BrFN4O/c1-3-4-21-14-12(17)13(18-7-19-14)20-11-6-9(15)10(16)5-8(11)2/h5-7H,3-4,17H2,1-2H3,(H,18,19,20). The van der Waals surface area contributed by atoms with Gasteiger partial charge in [-0.05, 0) is 47.0 Å². The maximum Gasteiger partial charge on any atom is 0.242 e. The number of hydrogen-bond donors (Lipinski definition) is 2. The third kappa shape index (κ3) is 3.60. The van der Waals surface area contributed by atoms with Crippen LogP contribution >= 0.6 is 15.9 Å². The molecule has 0 aliphatic rings. The minimum absolute atomic E-state index is 0.319. The number of rotatable bonds is 5. The molecule has 0 aliphatic carbocycles. The SMILES string of the molecule is CCCOc1ncnc(Nc2cc(Br)c(F)cc2C)c1N. The molecule has 5 nitrogen and oxygen atoms in total. The summed E-state index contributed by atoms with van der Waals surface area (Å²) in [5.74, 6) is 0.451. The number of nitrogens with two attached hydrogens (primary N) is 1. The van der Waals surface area contributed by atoms with E-state index in [9.17, 15) is 4.39 Å². The molecule has 0 atom stereocenters. The van der Waals surface area contributed by atoms with E-state index in [1.54, 1.807) is 13.0 Å². The zero-order valence-corrected chi connectivity index (χ0v) is 13.4. The lowest BCUT2D eigenvalue weighted by Gasteiger charge is -2.13. The summed E-state index contributed by atoms with van der Waals surface area (Å²) >= 11 is 3.16. The van der Waals surface area contributed by atoms with Crippen molar-refractivity contribution in [1.82, 2.24) is 9.97 Å². The van der Waals surface area contributed by atoms with E-state index < -0.39 is 0 Å². The Bertz CT molecular complexity index is 651. The summed E-state index contributed by atoms with van der Waals surface area (Å²) in [6.45, 7) is 4.32. The molecule has 1 aromatic carbocycles. The van der Waals surface area contributed by atoms with Crippen molar-refractivity contribution in [2.75, 3.05) is 17.7 Å². The fraction of sp³-hybridized carbons (Fsp3) is 0.286. The van der Waals surface area contributed by atoms with Crippen molar-refractivity contribution in [1.29, 1.82) is 0 Å². The van der Waals surface area contributed by atoms with Crippen molar-refractivity contribution >= 4 is 33.1 Å². The van der Waals surface area contributed by atoms with Gasteiger partial charge in [0.1, 0.15) is 17.8 Å². The van der Waals surface area contributed by atoms with Crippen molar-refractivity contribution in [2.24, 2.45) is 0 Å². The lowest BCUT2D eigenvalue weighted by molar-refractivity contribution is 0.307. The average Bonchev–Trinajstić information content (AvgIpc) is 2.45. The second-order valence-corrected chi connectivity index (χ2v) is 5.35. The van der Waals surface area contributed by atoms with Gasteiger partial charge in [-0.15, -0.1) is 0 Å². The van der Waals surface area contributed by atoms with E-state index in [1.165, 1.54) is 12.4 Å². The molecular weight excluding hydrogens is 339 g/mol. The number of hydrogen-bond acceptors (Lipinski definition) is 5. The maximum absolute atomic E-state index is 13.4. The van der Waals surface area contributed by atoms with Crippen LogP contribution in [0.2, 0.25) is 0 Å². The van der Waals surface area contributed by atoms with Gasteiger partial charge in [-0.1, -0.05) is 6.92 Å². The summed E-state index contributed by atoms with van der Waals surface area (Å²) in [7, 11) is 0. The zero-order chi connectivity index (χ0) is 15.4. The molecule has 0 fully saturated rings. The zero-order valence-electron chi connectivity index (χ0n) is 11.8. The molecule has 21 heavy (non-hydrogen) atoms. The molecule has 1 aromatic heterocycles. The molecule has 0 spiro atoms. The van der Waals surface area contributed by atoms with Crippen LogP contribution in [0.1, 0.15) is 18.9 Å². The van der Waals surface area contributed by atoms with Gasteiger partial charge in [-0.25, -0.2) is 9.37 Å². The normalized spacial score (nSPS) is 10.5. The van der Waals surface area contributed by atoms with Gasteiger partial charge in [0.05, 0.1) is 11.1 Å². The van der Waals surface area contributed by atoms with E-state index in [1.807, 2.05) is 6.92 Å². The lowest BCUT2D eigenvalue weighted by Crippen LogP contribution is -2.06. The Morgan fingerprint density at radius 1 is 1.38 bits per heavy atom. The molecule has 3 N–H and O–H groups in total. The molecule has 0 saturated heterocycles. The second kappa shape index (κ2) is 6.71. The highest BCUT2D eigenvalue weighted by Gasteiger charge is 2.12. The van der Waals surface area contributed by atoms with Crippen LogP contribution in [0.25, 0.3) is 0 Å². The molecule has 0 bridgehead atoms. The topological polar surface area (TPSA) is 73.1 Å². The third-order valence-corrected chi connectivity index (χ3v) is 3.42. The van der Waals surface area contributed by atoms with E-state index in [4.69, 9.17) is 10.5 Å². The van der Waals surface area contributed by atoms with Crippen LogP contribution in [0.4, 0.5) is 21.6 Å². The van der Waals surface area contributed by atoms with E-state index in [2.05, 4.69) is 31.2 Å². The molecule has 0 radical (unpaired) electrons. The van der Waals surface area contributed by atoms with Crippen molar-refractivity contribution in [2.45, 2.75) is 20.3 Å². The molecule has 0 aliphatic heterocycles. The van der Waals surface area contributed by atoms with Crippen LogP contribution in [0.5, 0.6) is 5.88 Å². The molecule has 0 amide bonds. The summed E-state index contributed by atoms with van der Waals surface area (Å²) in [5.41, 5.74) is 7.76. The molecule has 0 unspecified atom stereocenters. The number of nitrogens with zero attached hydrogens (tertiary/aromatic N) is 2. The Hall–Kier alpha value is -1.89. The van der Waals surface area contributed by atoms with E-state index in [-0.39, 0.29) is 5.82 Å². The Morgan fingerprint density at radius 2 is 2.14 bits per heavy atom. The predicted octanol–water partition coefficient (Wildman–Crippen LogP) is 3.80. The Balaban J connectivity index is 2.29. The first-order chi connectivity index (χ1) is 10.0. The Labute approximate surface area is 130 Å². The Kier molecular flexibility index (Phi) is 4.95. The lowest BCUT2D eigenvalue weighted by atomic mass is 10.2. The van der Waals surface area contributed by atoms with E-state index >= 15 is 0 Å². The number of nitrogen functional groups attached to an aromatic ring is 1. The van der Waals surface area contributed by atoms with Crippen molar-refractivity contribution < 1.29 is 9.13 Å². The molecule has 2 aromatic rings. The summed E-state index contributed by atoms with van der Waals surface area (Å²) in [5, 5.41) is 3.07. The van der Waals surface area contributed by atoms with Crippen LogP contribution in [-0.2, 0) is 0 Å². The summed E-state index contributed by atoms with van der Waals surface area (Å²) in [4.78, 5) is 8.10. The second-order valence-electron chi connectivity index (χ2n) is 4.50. The van der Waals surface area contributed by atoms with Gasteiger partial charge in [0.15, 0.2) is 5.82 Å². The van der Waals surface area contributed by atoms with Crippen LogP contribution in [0, 0.1) is 12.7 Å². The fourth-order valence-electron chi connectivity index (χ4n) is 1.70. The van der Waals surface area contributed by atoms with Gasteiger partial charge >= 0.3 is 0 Å². The van der Waals surface area contributed by atoms with Gasteiger partial charge in [-0.2, -0.15) is 4.98 Å². The molecular formula is C14H16BrFN4O. The monoisotopic (exact) mass is 354 g/mol. The van der Waals surface area contributed by atoms with E-state index in [0.717, 1.165) is 12.0 Å². The number of anilines is 3. The number of ether oxygens (including phenoxy) is 1. The first kappa shape index (κ1) is 15.5. The van der Waals surface area contributed by atoms with Crippen molar-refractivity contribution in [3.05, 3.63) is 34.3 Å². The maximum atomic E-state index is 13.4. The van der Waals surface area contributed by atoms with E-state index in [0.29, 0.717) is 34.2 Å². The Morgan fingerprint density at radius 3 is 2.86 bits per heavy atom. The molecule has 1 heterocycles. The van der Waals surface area contributed by atoms with Gasteiger partial charge in [0, 0.05) is 5.69 Å². The number of aryl methyl sites for hydroxylation is 1. The minimum atomic E-state index is -0.319. The largest absolute Gasteiger partial charge is 0.476 e. The van der Waals surface area contributed by atoms with Gasteiger partial charge in [-0.3, -0.25) is 0 Å². The molecule has 0 saturated carbocycles. The molecule has 112 valence electrons. The highest BCUT2D eigenvalue weighted by molar-refractivity contribution is 9.10. The van der Waals surface area contributed by atoms with Crippen LogP contribution in [0.15, 0.2) is 22.9 Å². The van der Waals surface area contributed by atoms with Crippen LogP contribution in [-0.4, -0.2) is 16.6 Å². The van der Waals surface area contributed by atoms with Crippen molar-refractivity contribution in [3.63, 3.8) is 0 Å². The van der Waals surface area contributed by atoms with Gasteiger partial charge < -0.3 is 15.8 Å². The fourth-order valence-corrected chi connectivity index (χ4v) is 2.04. The number of nitrogens with one attached hydrogen (secondary N) is 1. The smallest absolute Gasteiger partial charge is 0.242 e. The predicted molar refractivity (Wildman–Crippen MR) is 84.4 cm³/mol. The number of aromatic nitrogens is 2. The van der Waals surface area contributed by atoms with Gasteiger partial charge in [0.25, 0.3) is 0 Å². The summed E-state index contributed by atoms with van der Waals surface area (Å²) < 4.78 is 19.3. The summed E-state index contributed by atoms with van der Waals surface area (Å²) in [6, 6.07) is 3.07. The number of halogens is 2.